The number of carboxylic acids is 2. The highest BCUT2D eigenvalue weighted by Gasteiger charge is 2.22. The lowest BCUT2D eigenvalue weighted by atomic mass is 10.1. The van der Waals surface area contributed by atoms with Gasteiger partial charge in [-0.25, -0.2) is 4.79 Å². The lowest BCUT2D eigenvalue weighted by Crippen LogP contribution is -2.41. The predicted molar refractivity (Wildman–Crippen MR) is 78.9 cm³/mol. The number of benzene rings is 1. The fraction of sp³-hybridized carbons (Fsp3) is 0.333. The molecule has 0 saturated carbocycles. The van der Waals surface area contributed by atoms with Gasteiger partial charge in [0.05, 0.1) is 6.42 Å². The van der Waals surface area contributed by atoms with E-state index in [0.717, 1.165) is 5.56 Å². The average Bonchev–Trinajstić information content (AvgIpc) is 2.85. The summed E-state index contributed by atoms with van der Waals surface area (Å²) < 4.78 is 5.11. The molecule has 0 unspecified atom stereocenters. The molecule has 1 aromatic carbocycles. The molecule has 3 N–H and O–H groups in total. The molecule has 0 fully saturated rings. The van der Waals surface area contributed by atoms with Crippen LogP contribution in [0.4, 0.5) is 0 Å². The summed E-state index contributed by atoms with van der Waals surface area (Å²) in [5.74, 6) is -2.96. The molecule has 1 heterocycles. The summed E-state index contributed by atoms with van der Waals surface area (Å²) in [4.78, 5) is 33.6. The molecule has 0 saturated heterocycles. The van der Waals surface area contributed by atoms with Gasteiger partial charge < -0.3 is 20.1 Å². The molecule has 8 heteroatoms. The van der Waals surface area contributed by atoms with Crippen LogP contribution in [0.5, 0.6) is 0 Å². The van der Waals surface area contributed by atoms with Crippen molar-refractivity contribution in [2.24, 2.45) is 0 Å². The average molecular weight is 320 g/mol. The number of nitrogens with one attached hydrogen (secondary N) is 1. The Balaban J connectivity index is 2.06. The van der Waals surface area contributed by atoms with E-state index in [-0.39, 0.29) is 19.3 Å². The third-order valence-corrected chi connectivity index (χ3v) is 3.31. The van der Waals surface area contributed by atoms with Crippen molar-refractivity contribution in [1.82, 2.24) is 10.5 Å². The van der Waals surface area contributed by atoms with Gasteiger partial charge in [-0.05, 0) is 25.5 Å². The third-order valence-electron chi connectivity index (χ3n) is 3.31. The molecular formula is C15H16N2O6. The van der Waals surface area contributed by atoms with Crippen molar-refractivity contribution in [3.8, 4) is 0 Å². The third kappa shape index (κ3) is 4.29. The number of amides is 1. The molecule has 0 spiro atoms. The number of hydrogen-bond acceptors (Lipinski definition) is 5. The fourth-order valence-corrected chi connectivity index (χ4v) is 2.15. The highest BCUT2D eigenvalue weighted by molar-refractivity contribution is 5.89. The van der Waals surface area contributed by atoms with Crippen LogP contribution in [0.1, 0.15) is 24.1 Å². The molecule has 1 atom stereocenters. The largest absolute Gasteiger partial charge is 0.481 e. The predicted octanol–water partition coefficient (Wildman–Crippen LogP) is 1.11. The monoisotopic (exact) mass is 320 g/mol. The number of carbonyl (C=O) groups excluding carboxylic acids is 1. The Morgan fingerprint density at radius 1 is 1.30 bits per heavy atom. The molecule has 1 aromatic heterocycles. The number of aryl methyl sites for hydroxylation is 1. The summed E-state index contributed by atoms with van der Waals surface area (Å²) in [7, 11) is 0. The zero-order valence-corrected chi connectivity index (χ0v) is 12.4. The molecule has 0 radical (unpaired) electrons. The van der Waals surface area contributed by atoms with E-state index in [0.29, 0.717) is 16.7 Å². The highest BCUT2D eigenvalue weighted by atomic mass is 16.5. The van der Waals surface area contributed by atoms with Crippen molar-refractivity contribution in [3.63, 3.8) is 0 Å². The standard InChI is InChI=1S/C15H16N2O6/c1-8-2-4-12-9(6-8)11(17-23-12)7-13(18)16-10(15(21)22)3-5-14(19)20/h2,4,6,10H,3,5,7H2,1H3,(H,16,18)(H,19,20)(H,21,22)/t10-/m0/s1. The van der Waals surface area contributed by atoms with E-state index in [1.807, 2.05) is 19.1 Å². The van der Waals surface area contributed by atoms with Crippen LogP contribution in [0, 0.1) is 6.92 Å². The number of carbonyl (C=O) groups is 3. The molecule has 2 aromatic rings. The van der Waals surface area contributed by atoms with Gasteiger partial charge in [-0.1, -0.05) is 16.8 Å². The Morgan fingerprint density at radius 3 is 2.70 bits per heavy atom. The minimum Gasteiger partial charge on any atom is -0.481 e. The van der Waals surface area contributed by atoms with Gasteiger partial charge in [0.2, 0.25) is 5.91 Å². The van der Waals surface area contributed by atoms with Crippen molar-refractivity contribution in [2.75, 3.05) is 0 Å². The Morgan fingerprint density at radius 2 is 2.04 bits per heavy atom. The lowest BCUT2D eigenvalue weighted by molar-refractivity contribution is -0.143. The lowest BCUT2D eigenvalue weighted by Gasteiger charge is -2.12. The molecule has 0 aliphatic carbocycles. The van der Waals surface area contributed by atoms with Gasteiger partial charge in [0, 0.05) is 11.8 Å². The molecule has 0 aliphatic rings. The van der Waals surface area contributed by atoms with E-state index in [2.05, 4.69) is 10.5 Å². The van der Waals surface area contributed by atoms with Gasteiger partial charge in [-0.2, -0.15) is 0 Å². The number of hydrogen-bond donors (Lipinski definition) is 3. The van der Waals surface area contributed by atoms with Crippen molar-refractivity contribution >= 4 is 28.8 Å². The van der Waals surface area contributed by atoms with Crippen LogP contribution in [0.15, 0.2) is 22.7 Å². The second-order valence-electron chi connectivity index (χ2n) is 5.20. The number of carboxylic acid groups (broad SMARTS) is 2. The maximum Gasteiger partial charge on any atom is 0.326 e. The Kier molecular flexibility index (Phi) is 4.95. The SMILES string of the molecule is Cc1ccc2onc(CC(=O)N[C@@H](CCC(=O)O)C(=O)O)c2c1. The van der Waals surface area contributed by atoms with Crippen molar-refractivity contribution < 1.29 is 29.1 Å². The first kappa shape index (κ1) is 16.5. The fourth-order valence-electron chi connectivity index (χ4n) is 2.15. The molecule has 0 aliphatic heterocycles. The summed E-state index contributed by atoms with van der Waals surface area (Å²) in [5, 5.41) is 24.5. The summed E-state index contributed by atoms with van der Waals surface area (Å²) in [6.07, 6.45) is -0.675. The first-order chi connectivity index (χ1) is 10.9. The minimum absolute atomic E-state index is 0.146. The van der Waals surface area contributed by atoms with Gasteiger partial charge in [0.1, 0.15) is 11.7 Å². The van der Waals surface area contributed by atoms with Crippen LogP contribution in [0.25, 0.3) is 11.0 Å². The van der Waals surface area contributed by atoms with E-state index in [9.17, 15) is 14.4 Å². The van der Waals surface area contributed by atoms with Crippen LogP contribution >= 0.6 is 0 Å². The number of aliphatic carboxylic acids is 2. The molecule has 1 amide bonds. The van der Waals surface area contributed by atoms with Crippen molar-refractivity contribution in [3.05, 3.63) is 29.5 Å². The van der Waals surface area contributed by atoms with Crippen LogP contribution in [0.2, 0.25) is 0 Å². The van der Waals surface area contributed by atoms with E-state index in [1.54, 1.807) is 6.07 Å². The normalized spacial score (nSPS) is 12.0. The zero-order chi connectivity index (χ0) is 17.0. The van der Waals surface area contributed by atoms with Crippen LogP contribution < -0.4 is 5.32 Å². The van der Waals surface area contributed by atoms with Crippen molar-refractivity contribution in [1.29, 1.82) is 0 Å². The van der Waals surface area contributed by atoms with Gasteiger partial charge >= 0.3 is 11.9 Å². The van der Waals surface area contributed by atoms with E-state index < -0.39 is 23.9 Å². The minimum atomic E-state index is -1.28. The van der Waals surface area contributed by atoms with Gasteiger partial charge in [0.25, 0.3) is 0 Å². The van der Waals surface area contributed by atoms with Gasteiger partial charge in [-0.15, -0.1) is 0 Å². The second kappa shape index (κ2) is 6.91. The highest BCUT2D eigenvalue weighted by Crippen LogP contribution is 2.20. The van der Waals surface area contributed by atoms with E-state index in [1.165, 1.54) is 0 Å². The molecule has 8 nitrogen and oxygen atoms in total. The molecular weight excluding hydrogens is 304 g/mol. The smallest absolute Gasteiger partial charge is 0.326 e. The van der Waals surface area contributed by atoms with Gasteiger partial charge in [0.15, 0.2) is 5.58 Å². The zero-order valence-electron chi connectivity index (χ0n) is 12.4. The summed E-state index contributed by atoms with van der Waals surface area (Å²) in [6.45, 7) is 1.89. The first-order valence-corrected chi connectivity index (χ1v) is 6.95. The summed E-state index contributed by atoms with van der Waals surface area (Å²) in [5.41, 5.74) is 1.93. The molecule has 122 valence electrons. The summed E-state index contributed by atoms with van der Waals surface area (Å²) >= 11 is 0. The first-order valence-electron chi connectivity index (χ1n) is 6.95. The Bertz CT molecular complexity index is 752. The Labute approximate surface area is 131 Å². The number of fused-ring (bicyclic) bond motifs is 1. The van der Waals surface area contributed by atoms with Gasteiger partial charge in [-0.3, -0.25) is 9.59 Å². The maximum absolute atomic E-state index is 12.0. The number of rotatable bonds is 7. The van der Waals surface area contributed by atoms with E-state index >= 15 is 0 Å². The van der Waals surface area contributed by atoms with Crippen LogP contribution in [-0.2, 0) is 20.8 Å². The van der Waals surface area contributed by atoms with Crippen LogP contribution in [-0.4, -0.2) is 39.3 Å². The van der Waals surface area contributed by atoms with Crippen molar-refractivity contribution in [2.45, 2.75) is 32.2 Å². The second-order valence-corrected chi connectivity index (χ2v) is 5.20. The molecule has 0 bridgehead atoms. The topological polar surface area (TPSA) is 130 Å². The summed E-state index contributed by atoms with van der Waals surface area (Å²) in [6, 6.07) is 4.17. The maximum atomic E-state index is 12.0. The van der Waals surface area contributed by atoms with Crippen LogP contribution in [0.3, 0.4) is 0 Å². The Hall–Kier alpha value is -2.90. The molecule has 23 heavy (non-hydrogen) atoms. The molecule has 2 rings (SSSR count). The quantitative estimate of drug-likeness (QED) is 0.696. The van der Waals surface area contributed by atoms with E-state index in [4.69, 9.17) is 14.7 Å². The number of nitrogens with zero attached hydrogens (tertiary/aromatic N) is 1. The number of aromatic nitrogens is 1.